The number of benzene rings is 8. The topological polar surface area (TPSA) is 12.5 Å². The van der Waals surface area contributed by atoms with Gasteiger partial charge in [0.1, 0.15) is 0 Å². The van der Waals surface area contributed by atoms with E-state index in [0.717, 1.165) is 28.6 Å². The lowest BCUT2D eigenvalue weighted by Gasteiger charge is -2.49. The summed E-state index contributed by atoms with van der Waals surface area (Å²) in [5.41, 5.74) is 18.0. The minimum atomic E-state index is -0.604. The Bertz CT molecular complexity index is 2750. The molecular formula is C50H31NO. The first-order valence-electron chi connectivity index (χ1n) is 18.1. The maximum Gasteiger partial charge on any atom is 0.151 e. The fourth-order valence-corrected chi connectivity index (χ4v) is 10.4. The molecule has 0 amide bonds. The first-order chi connectivity index (χ1) is 25.8. The van der Waals surface area contributed by atoms with Crippen molar-refractivity contribution < 1.29 is 4.74 Å². The van der Waals surface area contributed by atoms with Crippen LogP contribution in [0.3, 0.4) is 0 Å². The van der Waals surface area contributed by atoms with Gasteiger partial charge in [-0.15, -0.1) is 0 Å². The van der Waals surface area contributed by atoms with Crippen LogP contribution in [0.15, 0.2) is 188 Å². The Hall–Kier alpha value is -6.64. The van der Waals surface area contributed by atoms with Crippen molar-refractivity contribution >= 4 is 17.1 Å². The molecule has 0 saturated carbocycles. The van der Waals surface area contributed by atoms with E-state index in [0.29, 0.717) is 0 Å². The average Bonchev–Trinajstić information content (AvgIpc) is 3.69. The second kappa shape index (κ2) is 9.99. The second-order valence-corrected chi connectivity index (χ2v) is 14.3. The molecule has 242 valence electrons. The van der Waals surface area contributed by atoms with Gasteiger partial charge in [-0.3, -0.25) is 0 Å². The molecule has 2 atom stereocenters. The quantitative estimate of drug-likeness (QED) is 0.183. The van der Waals surface area contributed by atoms with Crippen LogP contribution in [0.2, 0.25) is 0 Å². The third-order valence-electron chi connectivity index (χ3n) is 12.1. The molecule has 52 heavy (non-hydrogen) atoms. The van der Waals surface area contributed by atoms with Gasteiger partial charge >= 0.3 is 0 Å². The summed E-state index contributed by atoms with van der Waals surface area (Å²) in [5, 5.41) is 0. The molecule has 1 heterocycles. The average molecular weight is 662 g/mol. The van der Waals surface area contributed by atoms with Crippen molar-refractivity contribution in [2.45, 2.75) is 10.8 Å². The highest BCUT2D eigenvalue weighted by Gasteiger charge is 2.60. The molecule has 0 bridgehead atoms. The van der Waals surface area contributed by atoms with Crippen LogP contribution in [0.25, 0.3) is 22.3 Å². The van der Waals surface area contributed by atoms with Crippen molar-refractivity contribution in [3.05, 3.63) is 233 Å². The molecule has 1 aliphatic heterocycles. The fourth-order valence-electron chi connectivity index (χ4n) is 10.4. The SMILES string of the molecule is c1ccc(C23c4ccccc4-c4cccc(c42)C2(c4ccccc4-c4cccc(N5c6ccccc6Oc6ccccc65)c42)c2ccccc23)cc1. The predicted molar refractivity (Wildman–Crippen MR) is 209 cm³/mol. The zero-order chi connectivity index (χ0) is 34.0. The lowest BCUT2D eigenvalue weighted by Crippen LogP contribution is -2.43. The Labute approximate surface area is 302 Å². The number of hydrogen-bond acceptors (Lipinski definition) is 2. The molecule has 2 nitrogen and oxygen atoms in total. The normalized spacial score (nSPS) is 19.0. The molecule has 0 N–H and O–H groups in total. The minimum Gasteiger partial charge on any atom is -0.453 e. The van der Waals surface area contributed by atoms with E-state index in [1.807, 2.05) is 0 Å². The zero-order valence-corrected chi connectivity index (χ0v) is 28.3. The number of fused-ring (bicyclic) bond motifs is 14. The molecular weight excluding hydrogens is 631 g/mol. The highest BCUT2D eigenvalue weighted by Crippen LogP contribution is 2.70. The van der Waals surface area contributed by atoms with Gasteiger partial charge in [0.15, 0.2) is 11.5 Å². The largest absolute Gasteiger partial charge is 0.453 e. The number of anilines is 3. The summed E-state index contributed by atoms with van der Waals surface area (Å²) in [6, 6.07) is 69.6. The zero-order valence-electron chi connectivity index (χ0n) is 28.3. The Morgan fingerprint density at radius 1 is 0.308 bits per heavy atom. The van der Waals surface area contributed by atoms with Crippen LogP contribution in [0, 0.1) is 0 Å². The second-order valence-electron chi connectivity index (χ2n) is 14.3. The van der Waals surface area contributed by atoms with Gasteiger partial charge in [0, 0.05) is 5.56 Å². The van der Waals surface area contributed by atoms with E-state index in [2.05, 4.69) is 193 Å². The summed E-state index contributed by atoms with van der Waals surface area (Å²) in [6.07, 6.45) is 0. The third-order valence-corrected chi connectivity index (χ3v) is 12.1. The van der Waals surface area contributed by atoms with Crippen molar-refractivity contribution in [3.8, 4) is 33.8 Å². The van der Waals surface area contributed by atoms with Gasteiger partial charge in [0.05, 0.1) is 27.9 Å². The van der Waals surface area contributed by atoms with E-state index in [4.69, 9.17) is 4.74 Å². The summed E-state index contributed by atoms with van der Waals surface area (Å²) in [4.78, 5) is 2.44. The molecule has 0 saturated heterocycles. The van der Waals surface area contributed by atoms with Crippen LogP contribution in [0.1, 0.15) is 44.5 Å². The van der Waals surface area contributed by atoms with E-state index < -0.39 is 10.8 Å². The molecule has 0 radical (unpaired) electrons. The first kappa shape index (κ1) is 28.1. The Balaban J connectivity index is 1.28. The summed E-state index contributed by atoms with van der Waals surface area (Å²) in [7, 11) is 0. The van der Waals surface area contributed by atoms with E-state index in [1.165, 1.54) is 66.8 Å². The van der Waals surface area contributed by atoms with Gasteiger partial charge < -0.3 is 9.64 Å². The Morgan fingerprint density at radius 2 is 0.750 bits per heavy atom. The van der Waals surface area contributed by atoms with E-state index in [1.54, 1.807) is 0 Å². The summed E-state index contributed by atoms with van der Waals surface area (Å²) >= 11 is 0. The molecule has 8 aromatic rings. The van der Waals surface area contributed by atoms with Gasteiger partial charge in [-0.05, 0) is 91.5 Å². The lowest BCUT2D eigenvalue weighted by atomic mass is 9.52. The standard InChI is InChI=1S/C50H31NO/c1-2-16-32(17-3-1)49-37-22-6-4-18-33(37)35-20-14-26-41(47(35)49)50(40-25-9-8-24-39(40)49)38-23-7-5-19-34(38)36-21-15-29-44(48(36)50)51-42-27-10-12-30-45(42)52-46-31-13-11-28-43(46)51/h1-31H. The van der Waals surface area contributed by atoms with E-state index in [9.17, 15) is 0 Å². The third kappa shape index (κ3) is 3.18. The monoisotopic (exact) mass is 661 g/mol. The molecule has 0 fully saturated rings. The van der Waals surface area contributed by atoms with Gasteiger partial charge in [0.25, 0.3) is 0 Å². The predicted octanol–water partition coefficient (Wildman–Crippen LogP) is 12.3. The molecule has 2 unspecified atom stereocenters. The van der Waals surface area contributed by atoms with Crippen LogP contribution >= 0.6 is 0 Å². The molecule has 12 rings (SSSR count). The minimum absolute atomic E-state index is 0.476. The van der Waals surface area contributed by atoms with Crippen molar-refractivity contribution in [2.24, 2.45) is 0 Å². The van der Waals surface area contributed by atoms with Crippen molar-refractivity contribution in [1.29, 1.82) is 0 Å². The van der Waals surface area contributed by atoms with Crippen molar-refractivity contribution in [2.75, 3.05) is 4.90 Å². The van der Waals surface area contributed by atoms with Crippen LogP contribution in [-0.4, -0.2) is 0 Å². The molecule has 3 aliphatic carbocycles. The molecule has 1 spiro atoms. The maximum atomic E-state index is 6.55. The van der Waals surface area contributed by atoms with Gasteiger partial charge in [-0.25, -0.2) is 0 Å². The Morgan fingerprint density at radius 3 is 1.42 bits per heavy atom. The molecule has 8 aromatic carbocycles. The maximum absolute atomic E-state index is 6.55. The van der Waals surface area contributed by atoms with Gasteiger partial charge in [-0.2, -0.15) is 0 Å². The first-order valence-corrected chi connectivity index (χ1v) is 18.1. The van der Waals surface area contributed by atoms with Crippen molar-refractivity contribution in [3.63, 3.8) is 0 Å². The van der Waals surface area contributed by atoms with E-state index in [-0.39, 0.29) is 0 Å². The smallest absolute Gasteiger partial charge is 0.151 e. The lowest BCUT2D eigenvalue weighted by molar-refractivity contribution is 0.477. The number of hydrogen-bond donors (Lipinski definition) is 0. The Kier molecular flexibility index (Phi) is 5.40. The van der Waals surface area contributed by atoms with Crippen LogP contribution in [0.5, 0.6) is 11.5 Å². The number of rotatable bonds is 2. The van der Waals surface area contributed by atoms with E-state index >= 15 is 0 Å². The van der Waals surface area contributed by atoms with Gasteiger partial charge in [-0.1, -0.05) is 158 Å². The van der Waals surface area contributed by atoms with Gasteiger partial charge in [0.2, 0.25) is 0 Å². The molecule has 0 aromatic heterocycles. The summed E-state index contributed by atoms with van der Waals surface area (Å²) in [6.45, 7) is 0. The van der Waals surface area contributed by atoms with Crippen molar-refractivity contribution in [1.82, 2.24) is 0 Å². The number of nitrogens with zero attached hydrogens (tertiary/aromatic N) is 1. The van der Waals surface area contributed by atoms with Crippen LogP contribution in [0.4, 0.5) is 17.1 Å². The fraction of sp³-hybridized carbons (Fsp3) is 0.0400. The van der Waals surface area contributed by atoms with Crippen LogP contribution in [-0.2, 0) is 10.8 Å². The highest BCUT2D eigenvalue weighted by atomic mass is 16.5. The molecule has 4 aliphatic rings. The number of ether oxygens (including phenoxy) is 1. The number of para-hydroxylation sites is 4. The summed E-state index contributed by atoms with van der Waals surface area (Å²) in [5.74, 6) is 1.71. The van der Waals surface area contributed by atoms with Crippen LogP contribution < -0.4 is 9.64 Å². The summed E-state index contributed by atoms with van der Waals surface area (Å²) < 4.78 is 6.55. The highest BCUT2D eigenvalue weighted by molar-refractivity contribution is 6.00. The molecule has 2 heteroatoms.